The summed E-state index contributed by atoms with van der Waals surface area (Å²) in [5.74, 6) is 0. The maximum Gasteiger partial charge on any atom is 0.116 e. The molecular formula is C13H10O2S. The molecule has 0 radical (unpaired) electrons. The fraction of sp³-hybridized carbons (Fsp3) is 0.0769. The second-order valence-corrected chi connectivity index (χ2v) is 4.76. The van der Waals surface area contributed by atoms with E-state index in [1.807, 2.05) is 18.2 Å². The zero-order valence-electron chi connectivity index (χ0n) is 8.46. The number of thiophene rings is 1. The van der Waals surface area contributed by atoms with Gasteiger partial charge in [-0.15, -0.1) is 11.3 Å². The molecule has 16 heavy (non-hydrogen) atoms. The van der Waals surface area contributed by atoms with Gasteiger partial charge in [0.25, 0.3) is 0 Å². The van der Waals surface area contributed by atoms with Crippen molar-refractivity contribution in [1.82, 2.24) is 0 Å². The molecule has 2 aromatic heterocycles. The van der Waals surface area contributed by atoms with E-state index >= 15 is 0 Å². The van der Waals surface area contributed by atoms with E-state index in [0.29, 0.717) is 0 Å². The second-order valence-electron chi connectivity index (χ2n) is 3.65. The van der Waals surface area contributed by atoms with E-state index in [1.165, 1.54) is 10.1 Å². The van der Waals surface area contributed by atoms with Gasteiger partial charge in [-0.05, 0) is 23.6 Å². The van der Waals surface area contributed by atoms with Crippen molar-refractivity contribution in [3.05, 3.63) is 59.4 Å². The molecule has 0 bridgehead atoms. The Balaban J connectivity index is 2.06. The first-order valence-corrected chi connectivity index (χ1v) is 5.85. The van der Waals surface area contributed by atoms with E-state index in [-0.39, 0.29) is 0 Å². The fourth-order valence-corrected chi connectivity index (χ4v) is 2.81. The van der Waals surface area contributed by atoms with E-state index in [2.05, 4.69) is 12.1 Å². The van der Waals surface area contributed by atoms with Crippen LogP contribution < -0.4 is 0 Å². The maximum absolute atomic E-state index is 10.1. The van der Waals surface area contributed by atoms with Crippen LogP contribution in [0.5, 0.6) is 0 Å². The van der Waals surface area contributed by atoms with Crippen molar-refractivity contribution < 1.29 is 9.52 Å². The third kappa shape index (κ3) is 1.54. The molecular weight excluding hydrogens is 220 g/mol. The molecule has 3 rings (SSSR count). The highest BCUT2D eigenvalue weighted by molar-refractivity contribution is 7.19. The Morgan fingerprint density at radius 1 is 1.19 bits per heavy atom. The molecule has 1 aromatic carbocycles. The van der Waals surface area contributed by atoms with Gasteiger partial charge in [-0.2, -0.15) is 0 Å². The van der Waals surface area contributed by atoms with Crippen molar-refractivity contribution in [2.24, 2.45) is 0 Å². The first-order valence-electron chi connectivity index (χ1n) is 5.03. The Bertz CT molecular complexity index is 562. The summed E-state index contributed by atoms with van der Waals surface area (Å²) < 4.78 is 6.17. The number of aliphatic hydroxyl groups excluding tert-OH is 1. The number of benzene rings is 1. The third-order valence-corrected chi connectivity index (χ3v) is 3.74. The van der Waals surface area contributed by atoms with Crippen molar-refractivity contribution in [3.63, 3.8) is 0 Å². The molecule has 0 aliphatic carbocycles. The van der Waals surface area contributed by atoms with Crippen molar-refractivity contribution in [1.29, 1.82) is 0 Å². The highest BCUT2D eigenvalue weighted by atomic mass is 32.1. The minimum atomic E-state index is -0.587. The Morgan fingerprint density at radius 2 is 2.06 bits per heavy atom. The number of furan rings is 1. The summed E-state index contributed by atoms with van der Waals surface area (Å²) in [5.41, 5.74) is 0.798. The van der Waals surface area contributed by atoms with Gasteiger partial charge in [0.2, 0.25) is 0 Å². The molecule has 1 N–H and O–H groups in total. The number of hydrogen-bond donors (Lipinski definition) is 1. The minimum Gasteiger partial charge on any atom is -0.472 e. The van der Waals surface area contributed by atoms with Gasteiger partial charge in [-0.3, -0.25) is 0 Å². The fourth-order valence-electron chi connectivity index (χ4n) is 1.73. The Hall–Kier alpha value is -1.58. The van der Waals surface area contributed by atoms with Crippen LogP contribution in [0.25, 0.3) is 10.1 Å². The molecule has 0 fully saturated rings. The summed E-state index contributed by atoms with van der Waals surface area (Å²) >= 11 is 1.61. The van der Waals surface area contributed by atoms with Crippen LogP contribution in [0.2, 0.25) is 0 Å². The summed E-state index contributed by atoms with van der Waals surface area (Å²) in [6, 6.07) is 11.9. The maximum atomic E-state index is 10.1. The standard InChI is InChI=1S/C13H10O2S/c14-13(10-5-6-15-8-10)12-7-9-3-1-2-4-11(9)16-12/h1-8,13-14H/t13-/m0/s1. The summed E-state index contributed by atoms with van der Waals surface area (Å²) in [5, 5.41) is 11.3. The van der Waals surface area contributed by atoms with Crippen molar-refractivity contribution in [2.45, 2.75) is 6.10 Å². The first-order chi connectivity index (χ1) is 7.84. The molecule has 0 amide bonds. The van der Waals surface area contributed by atoms with E-state index in [1.54, 1.807) is 29.9 Å². The number of rotatable bonds is 2. The van der Waals surface area contributed by atoms with Gasteiger partial charge in [0, 0.05) is 15.1 Å². The van der Waals surface area contributed by atoms with E-state index in [0.717, 1.165) is 10.4 Å². The average molecular weight is 230 g/mol. The molecule has 2 heterocycles. The van der Waals surface area contributed by atoms with Crippen LogP contribution in [0, 0.1) is 0 Å². The molecule has 3 heteroatoms. The lowest BCUT2D eigenvalue weighted by Gasteiger charge is -2.03. The molecule has 80 valence electrons. The number of aliphatic hydroxyl groups is 1. The average Bonchev–Trinajstić information content (AvgIpc) is 2.97. The van der Waals surface area contributed by atoms with Crippen LogP contribution in [-0.2, 0) is 0 Å². The van der Waals surface area contributed by atoms with Crippen LogP contribution in [0.15, 0.2) is 53.3 Å². The second kappa shape index (κ2) is 3.77. The highest BCUT2D eigenvalue weighted by Crippen LogP contribution is 2.32. The van der Waals surface area contributed by atoms with Crippen LogP contribution in [-0.4, -0.2) is 5.11 Å². The summed E-state index contributed by atoms with van der Waals surface area (Å²) in [7, 11) is 0. The van der Waals surface area contributed by atoms with Crippen molar-refractivity contribution in [3.8, 4) is 0 Å². The van der Waals surface area contributed by atoms with Gasteiger partial charge >= 0.3 is 0 Å². The molecule has 0 unspecified atom stereocenters. The topological polar surface area (TPSA) is 33.4 Å². The molecule has 1 atom stereocenters. The molecule has 0 saturated carbocycles. The van der Waals surface area contributed by atoms with Crippen LogP contribution in [0.3, 0.4) is 0 Å². The molecule has 2 nitrogen and oxygen atoms in total. The van der Waals surface area contributed by atoms with Crippen LogP contribution >= 0.6 is 11.3 Å². The van der Waals surface area contributed by atoms with Crippen molar-refractivity contribution in [2.75, 3.05) is 0 Å². The van der Waals surface area contributed by atoms with E-state index < -0.39 is 6.10 Å². The lowest BCUT2D eigenvalue weighted by molar-refractivity contribution is 0.223. The monoisotopic (exact) mass is 230 g/mol. The number of fused-ring (bicyclic) bond motifs is 1. The zero-order chi connectivity index (χ0) is 11.0. The van der Waals surface area contributed by atoms with Crippen LogP contribution in [0.1, 0.15) is 16.5 Å². The van der Waals surface area contributed by atoms with Gasteiger partial charge in [0.05, 0.1) is 12.5 Å². The third-order valence-electron chi connectivity index (χ3n) is 2.57. The predicted molar refractivity (Wildman–Crippen MR) is 64.6 cm³/mol. The summed E-state index contributed by atoms with van der Waals surface area (Å²) in [6.07, 6.45) is 2.57. The van der Waals surface area contributed by atoms with Crippen molar-refractivity contribution >= 4 is 21.4 Å². The quantitative estimate of drug-likeness (QED) is 0.730. The number of hydrogen-bond acceptors (Lipinski definition) is 3. The molecule has 0 spiro atoms. The molecule has 0 aliphatic rings. The SMILES string of the molecule is O[C@@H](c1ccoc1)c1cc2ccccc2s1. The highest BCUT2D eigenvalue weighted by Gasteiger charge is 2.14. The van der Waals surface area contributed by atoms with Gasteiger partial charge in [0.15, 0.2) is 0 Å². The minimum absolute atomic E-state index is 0.587. The lowest BCUT2D eigenvalue weighted by atomic mass is 10.1. The van der Waals surface area contributed by atoms with Gasteiger partial charge < -0.3 is 9.52 Å². The van der Waals surface area contributed by atoms with Gasteiger partial charge in [-0.25, -0.2) is 0 Å². The summed E-state index contributed by atoms with van der Waals surface area (Å²) in [4.78, 5) is 0.947. The normalized spacial score (nSPS) is 13.1. The largest absolute Gasteiger partial charge is 0.472 e. The van der Waals surface area contributed by atoms with Gasteiger partial charge in [0.1, 0.15) is 6.10 Å². The Kier molecular flexibility index (Phi) is 2.27. The Labute approximate surface area is 96.8 Å². The zero-order valence-corrected chi connectivity index (χ0v) is 9.28. The first kappa shape index (κ1) is 9.63. The Morgan fingerprint density at radius 3 is 2.81 bits per heavy atom. The molecule has 3 aromatic rings. The van der Waals surface area contributed by atoms with E-state index in [9.17, 15) is 5.11 Å². The molecule has 0 saturated heterocycles. The smallest absolute Gasteiger partial charge is 0.116 e. The molecule has 0 aliphatic heterocycles. The van der Waals surface area contributed by atoms with Crippen LogP contribution in [0.4, 0.5) is 0 Å². The van der Waals surface area contributed by atoms with Gasteiger partial charge in [-0.1, -0.05) is 18.2 Å². The van der Waals surface area contributed by atoms with E-state index in [4.69, 9.17) is 4.42 Å². The summed E-state index contributed by atoms with van der Waals surface area (Å²) in [6.45, 7) is 0. The lowest BCUT2D eigenvalue weighted by Crippen LogP contribution is -1.93. The predicted octanol–water partition coefficient (Wildman–Crippen LogP) is 3.58.